The zero-order valence-electron chi connectivity index (χ0n) is 11.2. The Morgan fingerprint density at radius 1 is 1.16 bits per heavy atom. The molecule has 100 valence electrons. The predicted octanol–water partition coefficient (Wildman–Crippen LogP) is 3.07. The molecule has 0 fully saturated rings. The average molecular weight is 256 g/mol. The molecule has 0 radical (unpaired) electrons. The summed E-state index contributed by atoms with van der Waals surface area (Å²) >= 11 is 0. The minimum Gasteiger partial charge on any atom is -0.508 e. The lowest BCUT2D eigenvalue weighted by Gasteiger charge is -2.18. The topological polar surface area (TPSA) is 45.2 Å². The van der Waals surface area contributed by atoms with Gasteiger partial charge in [0.05, 0.1) is 0 Å². The molecule has 0 aliphatic heterocycles. The van der Waals surface area contributed by atoms with Crippen molar-refractivity contribution in [3.63, 3.8) is 0 Å². The second-order valence-corrected chi connectivity index (χ2v) is 4.54. The molecular weight excluding hydrogens is 236 g/mol. The highest BCUT2D eigenvalue weighted by molar-refractivity contribution is 5.34. The minimum atomic E-state index is 0.185. The standard InChI is InChI=1S/C16H20N2O/c1-2-15(14-8-3-4-9-16(14)19)18-12-10-13-7-5-6-11-17-13/h3-9,11,15,18-19H,2,10,12H2,1H3. The largest absolute Gasteiger partial charge is 0.508 e. The summed E-state index contributed by atoms with van der Waals surface area (Å²) < 4.78 is 0. The van der Waals surface area contributed by atoms with E-state index < -0.39 is 0 Å². The molecule has 0 aliphatic rings. The number of phenols is 1. The Hall–Kier alpha value is -1.87. The van der Waals surface area contributed by atoms with Gasteiger partial charge >= 0.3 is 0 Å². The lowest BCUT2D eigenvalue weighted by atomic mass is 10.0. The molecular formula is C16H20N2O. The summed E-state index contributed by atoms with van der Waals surface area (Å²) in [6.07, 6.45) is 3.65. The van der Waals surface area contributed by atoms with E-state index in [4.69, 9.17) is 0 Å². The third kappa shape index (κ3) is 3.80. The molecule has 3 nitrogen and oxygen atoms in total. The minimum absolute atomic E-state index is 0.185. The second kappa shape index (κ2) is 6.90. The van der Waals surface area contributed by atoms with E-state index >= 15 is 0 Å². The van der Waals surface area contributed by atoms with Gasteiger partial charge < -0.3 is 10.4 Å². The number of rotatable bonds is 6. The molecule has 0 saturated carbocycles. The van der Waals surface area contributed by atoms with Crippen LogP contribution in [0.3, 0.4) is 0 Å². The summed E-state index contributed by atoms with van der Waals surface area (Å²) in [6, 6.07) is 13.6. The number of aromatic nitrogens is 1. The molecule has 0 amide bonds. The van der Waals surface area contributed by atoms with Crippen LogP contribution in [0.1, 0.15) is 30.6 Å². The fourth-order valence-electron chi connectivity index (χ4n) is 2.18. The van der Waals surface area contributed by atoms with E-state index in [1.54, 1.807) is 6.07 Å². The van der Waals surface area contributed by atoms with E-state index in [1.165, 1.54) is 0 Å². The lowest BCUT2D eigenvalue weighted by Crippen LogP contribution is -2.23. The Morgan fingerprint density at radius 3 is 2.63 bits per heavy atom. The summed E-state index contributed by atoms with van der Waals surface area (Å²) in [4.78, 5) is 4.30. The van der Waals surface area contributed by atoms with Gasteiger partial charge in [-0.3, -0.25) is 4.98 Å². The molecule has 1 atom stereocenters. The van der Waals surface area contributed by atoms with E-state index in [0.717, 1.165) is 30.6 Å². The van der Waals surface area contributed by atoms with Crippen LogP contribution in [0.5, 0.6) is 5.75 Å². The molecule has 1 aromatic carbocycles. The summed E-state index contributed by atoms with van der Waals surface area (Å²) in [5.74, 6) is 0.361. The molecule has 2 N–H and O–H groups in total. The van der Waals surface area contributed by atoms with Crippen molar-refractivity contribution in [2.75, 3.05) is 6.54 Å². The van der Waals surface area contributed by atoms with Crippen LogP contribution in [-0.2, 0) is 6.42 Å². The van der Waals surface area contributed by atoms with Crippen LogP contribution in [0.2, 0.25) is 0 Å². The van der Waals surface area contributed by atoms with Gasteiger partial charge in [-0.1, -0.05) is 31.2 Å². The van der Waals surface area contributed by atoms with Crippen LogP contribution in [0.25, 0.3) is 0 Å². The third-order valence-corrected chi connectivity index (χ3v) is 3.22. The Bertz CT molecular complexity index is 499. The Kier molecular flexibility index (Phi) is 4.93. The maximum atomic E-state index is 9.88. The highest BCUT2D eigenvalue weighted by Gasteiger charge is 2.11. The molecule has 3 heteroatoms. The van der Waals surface area contributed by atoms with Crippen molar-refractivity contribution < 1.29 is 5.11 Å². The molecule has 0 bridgehead atoms. The number of para-hydroxylation sites is 1. The SMILES string of the molecule is CCC(NCCc1ccccn1)c1ccccc1O. The Balaban J connectivity index is 1.92. The third-order valence-electron chi connectivity index (χ3n) is 3.22. The van der Waals surface area contributed by atoms with Crippen molar-refractivity contribution >= 4 is 0 Å². The summed E-state index contributed by atoms with van der Waals surface area (Å²) in [5, 5.41) is 13.4. The predicted molar refractivity (Wildman–Crippen MR) is 77.1 cm³/mol. The zero-order chi connectivity index (χ0) is 13.5. The molecule has 1 unspecified atom stereocenters. The molecule has 1 heterocycles. The molecule has 1 aromatic heterocycles. The first-order chi connectivity index (χ1) is 9.31. The molecule has 0 spiro atoms. The van der Waals surface area contributed by atoms with Gasteiger partial charge in [-0.15, -0.1) is 0 Å². The number of hydrogen-bond acceptors (Lipinski definition) is 3. The van der Waals surface area contributed by atoms with Gasteiger partial charge in [-0.25, -0.2) is 0 Å². The smallest absolute Gasteiger partial charge is 0.120 e. The number of nitrogens with one attached hydrogen (secondary N) is 1. The Morgan fingerprint density at radius 2 is 1.95 bits per heavy atom. The zero-order valence-corrected chi connectivity index (χ0v) is 11.2. The van der Waals surface area contributed by atoms with Gasteiger partial charge in [0, 0.05) is 36.5 Å². The van der Waals surface area contributed by atoms with Crippen LogP contribution in [0, 0.1) is 0 Å². The van der Waals surface area contributed by atoms with E-state index in [-0.39, 0.29) is 6.04 Å². The highest BCUT2D eigenvalue weighted by Crippen LogP contribution is 2.25. The van der Waals surface area contributed by atoms with E-state index in [0.29, 0.717) is 5.75 Å². The molecule has 0 aliphatic carbocycles. The van der Waals surface area contributed by atoms with Crippen molar-refractivity contribution in [2.24, 2.45) is 0 Å². The van der Waals surface area contributed by atoms with Crippen molar-refractivity contribution in [3.05, 3.63) is 59.9 Å². The first kappa shape index (κ1) is 13.6. The van der Waals surface area contributed by atoms with E-state index in [1.807, 2.05) is 42.6 Å². The number of phenolic OH excluding ortho intramolecular Hbond substituents is 1. The molecule has 0 saturated heterocycles. The summed E-state index contributed by atoms with van der Waals surface area (Å²) in [5.41, 5.74) is 2.05. The number of hydrogen-bond donors (Lipinski definition) is 2. The van der Waals surface area contributed by atoms with Crippen molar-refractivity contribution in [2.45, 2.75) is 25.8 Å². The van der Waals surface area contributed by atoms with Crippen LogP contribution in [0.4, 0.5) is 0 Å². The first-order valence-electron chi connectivity index (χ1n) is 6.72. The molecule has 2 rings (SSSR count). The summed E-state index contributed by atoms with van der Waals surface area (Å²) in [6.45, 7) is 2.97. The number of nitrogens with zero attached hydrogens (tertiary/aromatic N) is 1. The van der Waals surface area contributed by atoms with Gasteiger partial charge in [0.25, 0.3) is 0 Å². The van der Waals surface area contributed by atoms with Crippen molar-refractivity contribution in [3.8, 4) is 5.75 Å². The molecule has 2 aromatic rings. The van der Waals surface area contributed by atoms with Crippen LogP contribution < -0.4 is 5.32 Å². The lowest BCUT2D eigenvalue weighted by molar-refractivity contribution is 0.442. The van der Waals surface area contributed by atoms with Gasteiger partial charge in [-0.2, -0.15) is 0 Å². The fraction of sp³-hybridized carbons (Fsp3) is 0.312. The van der Waals surface area contributed by atoms with Crippen LogP contribution in [-0.4, -0.2) is 16.6 Å². The number of benzene rings is 1. The van der Waals surface area contributed by atoms with Gasteiger partial charge in [0.1, 0.15) is 5.75 Å². The van der Waals surface area contributed by atoms with Gasteiger partial charge in [-0.05, 0) is 24.6 Å². The average Bonchev–Trinajstić information content (AvgIpc) is 2.46. The van der Waals surface area contributed by atoms with Crippen LogP contribution in [0.15, 0.2) is 48.7 Å². The summed E-state index contributed by atoms with van der Waals surface area (Å²) in [7, 11) is 0. The van der Waals surface area contributed by atoms with Gasteiger partial charge in [0.2, 0.25) is 0 Å². The number of aromatic hydroxyl groups is 1. The maximum Gasteiger partial charge on any atom is 0.120 e. The maximum absolute atomic E-state index is 9.88. The van der Waals surface area contributed by atoms with Crippen molar-refractivity contribution in [1.82, 2.24) is 10.3 Å². The molecule has 19 heavy (non-hydrogen) atoms. The first-order valence-corrected chi connectivity index (χ1v) is 6.72. The normalized spacial score (nSPS) is 12.3. The van der Waals surface area contributed by atoms with Crippen LogP contribution >= 0.6 is 0 Å². The Labute approximate surface area is 114 Å². The van der Waals surface area contributed by atoms with Crippen molar-refractivity contribution in [1.29, 1.82) is 0 Å². The monoisotopic (exact) mass is 256 g/mol. The quantitative estimate of drug-likeness (QED) is 0.835. The van der Waals surface area contributed by atoms with E-state index in [9.17, 15) is 5.11 Å². The number of pyridine rings is 1. The van der Waals surface area contributed by atoms with Gasteiger partial charge in [0.15, 0.2) is 0 Å². The van der Waals surface area contributed by atoms with E-state index in [2.05, 4.69) is 17.2 Å². The highest BCUT2D eigenvalue weighted by atomic mass is 16.3. The second-order valence-electron chi connectivity index (χ2n) is 4.54. The fourth-order valence-corrected chi connectivity index (χ4v) is 2.18.